The summed E-state index contributed by atoms with van der Waals surface area (Å²) in [4.78, 5) is 3.90. The number of hydrogen-bond acceptors (Lipinski definition) is 4. The van der Waals surface area contributed by atoms with E-state index in [1.165, 1.54) is 12.1 Å². The largest absolute Gasteiger partial charge is 0.481 e. The van der Waals surface area contributed by atoms with Crippen molar-refractivity contribution >= 4 is 0 Å². The predicted molar refractivity (Wildman–Crippen MR) is 75.4 cm³/mol. The molecule has 0 saturated carbocycles. The van der Waals surface area contributed by atoms with Crippen molar-refractivity contribution in [2.75, 3.05) is 0 Å². The molecule has 0 atom stereocenters. The van der Waals surface area contributed by atoms with Crippen LogP contribution in [0.15, 0.2) is 47.0 Å². The molecular formula is C16H9F5N2O2. The molecule has 130 valence electrons. The summed E-state index contributed by atoms with van der Waals surface area (Å²) in [5.74, 6) is -2.02. The van der Waals surface area contributed by atoms with Gasteiger partial charge in [0.25, 0.3) is 5.89 Å². The summed E-state index contributed by atoms with van der Waals surface area (Å²) in [6, 6.07) is 7.18. The normalized spacial score (nSPS) is 11.6. The van der Waals surface area contributed by atoms with E-state index in [2.05, 4.69) is 10.1 Å². The van der Waals surface area contributed by atoms with Gasteiger partial charge in [-0.05, 0) is 24.3 Å². The van der Waals surface area contributed by atoms with E-state index < -0.39 is 23.4 Å². The van der Waals surface area contributed by atoms with Gasteiger partial charge >= 0.3 is 6.18 Å². The number of alkyl halides is 3. The summed E-state index contributed by atoms with van der Waals surface area (Å²) >= 11 is 0. The van der Waals surface area contributed by atoms with E-state index in [0.717, 1.165) is 24.3 Å². The van der Waals surface area contributed by atoms with Crippen LogP contribution in [0, 0.1) is 11.6 Å². The summed E-state index contributed by atoms with van der Waals surface area (Å²) in [7, 11) is 0. The predicted octanol–water partition coefficient (Wildman–Crippen LogP) is 4.61. The summed E-state index contributed by atoms with van der Waals surface area (Å²) in [6.45, 7) is -0.325. The van der Waals surface area contributed by atoms with Gasteiger partial charge in [-0.25, -0.2) is 8.78 Å². The number of rotatable bonds is 4. The fourth-order valence-electron chi connectivity index (χ4n) is 2.00. The third-order valence-corrected chi connectivity index (χ3v) is 3.16. The first-order valence-electron chi connectivity index (χ1n) is 6.91. The molecule has 25 heavy (non-hydrogen) atoms. The summed E-state index contributed by atoms with van der Waals surface area (Å²) < 4.78 is 74.3. The van der Waals surface area contributed by atoms with Gasteiger partial charge in [-0.1, -0.05) is 17.3 Å². The van der Waals surface area contributed by atoms with Crippen LogP contribution in [0.2, 0.25) is 0 Å². The molecule has 0 spiro atoms. The Morgan fingerprint density at radius 1 is 1.04 bits per heavy atom. The third-order valence-electron chi connectivity index (χ3n) is 3.16. The van der Waals surface area contributed by atoms with E-state index in [0.29, 0.717) is 6.07 Å². The van der Waals surface area contributed by atoms with Gasteiger partial charge in [-0.3, -0.25) is 0 Å². The van der Waals surface area contributed by atoms with Crippen LogP contribution in [-0.4, -0.2) is 10.1 Å². The molecule has 2 aromatic carbocycles. The van der Waals surface area contributed by atoms with E-state index in [-0.39, 0.29) is 29.6 Å². The zero-order valence-electron chi connectivity index (χ0n) is 12.3. The lowest BCUT2D eigenvalue weighted by Gasteiger charge is -2.06. The lowest BCUT2D eigenvalue weighted by Crippen LogP contribution is -2.04. The zero-order valence-corrected chi connectivity index (χ0v) is 12.3. The first-order chi connectivity index (χ1) is 11.8. The van der Waals surface area contributed by atoms with Crippen molar-refractivity contribution in [2.24, 2.45) is 0 Å². The highest BCUT2D eigenvalue weighted by atomic mass is 19.4. The Morgan fingerprint density at radius 3 is 2.56 bits per heavy atom. The molecule has 0 radical (unpaired) electrons. The van der Waals surface area contributed by atoms with Crippen molar-refractivity contribution in [1.82, 2.24) is 10.1 Å². The number of halogens is 5. The van der Waals surface area contributed by atoms with Crippen molar-refractivity contribution < 1.29 is 31.2 Å². The van der Waals surface area contributed by atoms with Crippen LogP contribution in [0.5, 0.6) is 5.75 Å². The van der Waals surface area contributed by atoms with Crippen molar-refractivity contribution in [3.05, 3.63) is 65.6 Å². The highest BCUT2D eigenvalue weighted by Gasteiger charge is 2.30. The minimum Gasteiger partial charge on any atom is -0.481 e. The molecule has 3 aromatic rings. The van der Waals surface area contributed by atoms with Gasteiger partial charge in [0.15, 0.2) is 18.2 Å². The molecule has 0 fully saturated rings. The average molecular weight is 356 g/mol. The fraction of sp³-hybridized carbons (Fsp3) is 0.125. The van der Waals surface area contributed by atoms with Gasteiger partial charge in [-0.15, -0.1) is 0 Å². The van der Waals surface area contributed by atoms with Crippen molar-refractivity contribution in [3.8, 4) is 17.1 Å². The number of ether oxygens (including phenoxy) is 1. The molecule has 0 aliphatic rings. The van der Waals surface area contributed by atoms with Crippen molar-refractivity contribution in [2.45, 2.75) is 12.8 Å². The molecule has 1 aromatic heterocycles. The standard InChI is InChI=1S/C16H9F5N2O2/c17-11-4-5-13(12(18)7-11)24-8-14-22-15(23-25-14)9-2-1-3-10(6-9)16(19,20)21/h1-7H,8H2. The Morgan fingerprint density at radius 2 is 1.84 bits per heavy atom. The van der Waals surface area contributed by atoms with Crippen LogP contribution in [0.25, 0.3) is 11.4 Å². The monoisotopic (exact) mass is 356 g/mol. The SMILES string of the molecule is Fc1ccc(OCc2nc(-c3cccc(C(F)(F)F)c3)no2)c(F)c1. The van der Waals surface area contributed by atoms with Crippen molar-refractivity contribution in [3.63, 3.8) is 0 Å². The second-order valence-electron chi connectivity index (χ2n) is 4.95. The highest BCUT2D eigenvalue weighted by molar-refractivity contribution is 5.55. The molecule has 4 nitrogen and oxygen atoms in total. The van der Waals surface area contributed by atoms with Gasteiger partial charge in [0, 0.05) is 11.6 Å². The smallest absolute Gasteiger partial charge is 0.416 e. The van der Waals surface area contributed by atoms with Crippen LogP contribution in [-0.2, 0) is 12.8 Å². The van der Waals surface area contributed by atoms with E-state index in [1.807, 2.05) is 0 Å². The Balaban J connectivity index is 1.74. The minimum atomic E-state index is -4.49. The second-order valence-corrected chi connectivity index (χ2v) is 4.95. The quantitative estimate of drug-likeness (QED) is 0.641. The average Bonchev–Trinajstić information content (AvgIpc) is 3.02. The number of aromatic nitrogens is 2. The number of nitrogens with zero attached hydrogens (tertiary/aromatic N) is 2. The van der Waals surface area contributed by atoms with Crippen molar-refractivity contribution in [1.29, 1.82) is 0 Å². The Bertz CT molecular complexity index is 892. The van der Waals surface area contributed by atoms with Gasteiger partial charge in [0.1, 0.15) is 5.82 Å². The maximum Gasteiger partial charge on any atom is 0.416 e. The molecular weight excluding hydrogens is 347 g/mol. The highest BCUT2D eigenvalue weighted by Crippen LogP contribution is 2.31. The summed E-state index contributed by atoms with van der Waals surface area (Å²) in [5, 5.41) is 3.57. The molecule has 0 amide bonds. The van der Waals surface area contributed by atoms with Crippen LogP contribution >= 0.6 is 0 Å². The van der Waals surface area contributed by atoms with E-state index in [4.69, 9.17) is 9.26 Å². The van der Waals surface area contributed by atoms with Crippen LogP contribution in [0.3, 0.4) is 0 Å². The van der Waals surface area contributed by atoms with Crippen LogP contribution < -0.4 is 4.74 Å². The Kier molecular flexibility index (Phi) is 4.39. The Labute approximate surface area is 137 Å². The molecule has 1 heterocycles. The first-order valence-corrected chi connectivity index (χ1v) is 6.91. The number of hydrogen-bond donors (Lipinski definition) is 0. The molecule has 3 rings (SSSR count). The van der Waals surface area contributed by atoms with Gasteiger partial charge in [0.05, 0.1) is 5.56 Å². The molecule has 0 aliphatic carbocycles. The summed E-state index contributed by atoms with van der Waals surface area (Å²) in [5.41, 5.74) is -0.737. The molecule has 0 aliphatic heterocycles. The molecule has 9 heteroatoms. The number of benzene rings is 2. The topological polar surface area (TPSA) is 48.2 Å². The third kappa shape index (κ3) is 3.93. The minimum absolute atomic E-state index is 0.0655. The maximum absolute atomic E-state index is 13.4. The van der Waals surface area contributed by atoms with E-state index in [1.54, 1.807) is 0 Å². The lowest BCUT2D eigenvalue weighted by molar-refractivity contribution is -0.137. The lowest BCUT2D eigenvalue weighted by atomic mass is 10.1. The first kappa shape index (κ1) is 16.9. The second kappa shape index (κ2) is 6.50. The fourth-order valence-corrected chi connectivity index (χ4v) is 2.00. The molecule has 0 unspecified atom stereocenters. The molecule has 0 N–H and O–H groups in total. The Hall–Kier alpha value is -2.97. The van der Waals surface area contributed by atoms with Gasteiger partial charge < -0.3 is 9.26 Å². The zero-order chi connectivity index (χ0) is 18.0. The van der Waals surface area contributed by atoms with Gasteiger partial charge in [0.2, 0.25) is 5.82 Å². The summed E-state index contributed by atoms with van der Waals surface area (Å²) in [6.07, 6.45) is -4.49. The van der Waals surface area contributed by atoms with E-state index in [9.17, 15) is 22.0 Å². The molecule has 0 saturated heterocycles. The molecule has 0 bridgehead atoms. The van der Waals surface area contributed by atoms with E-state index >= 15 is 0 Å². The maximum atomic E-state index is 13.4. The van der Waals surface area contributed by atoms with Crippen LogP contribution in [0.4, 0.5) is 22.0 Å². The van der Waals surface area contributed by atoms with Crippen LogP contribution in [0.1, 0.15) is 11.5 Å². The van der Waals surface area contributed by atoms with Gasteiger partial charge in [-0.2, -0.15) is 18.2 Å².